The minimum Gasteiger partial charge on any atom is -0.497 e. The van der Waals surface area contributed by atoms with Crippen LogP contribution in [-0.4, -0.2) is 17.0 Å². The highest BCUT2D eigenvalue weighted by molar-refractivity contribution is 7.21. The Hall–Kier alpha value is -2.47. The van der Waals surface area contributed by atoms with Crippen molar-refractivity contribution >= 4 is 27.2 Å². The molecule has 106 valence electrons. The molecule has 1 heterocycles. The summed E-state index contributed by atoms with van der Waals surface area (Å²) in [7, 11) is 1.62. The molecule has 0 aliphatic carbocycles. The molecule has 0 saturated heterocycles. The number of hydrogen-bond acceptors (Lipinski definition) is 5. The molecule has 5 nitrogen and oxygen atoms in total. The summed E-state index contributed by atoms with van der Waals surface area (Å²) in [6.45, 7) is 1.73. The van der Waals surface area contributed by atoms with Gasteiger partial charge in [-0.25, -0.2) is 4.98 Å². The molecule has 0 radical (unpaired) electrons. The van der Waals surface area contributed by atoms with E-state index < -0.39 is 0 Å². The fourth-order valence-corrected chi connectivity index (χ4v) is 3.08. The van der Waals surface area contributed by atoms with E-state index in [2.05, 4.69) is 4.98 Å². The van der Waals surface area contributed by atoms with E-state index >= 15 is 0 Å². The minimum atomic E-state index is -0.366. The van der Waals surface area contributed by atoms with Gasteiger partial charge < -0.3 is 4.74 Å². The van der Waals surface area contributed by atoms with Crippen molar-refractivity contribution in [2.75, 3.05) is 7.11 Å². The summed E-state index contributed by atoms with van der Waals surface area (Å²) in [5.41, 5.74) is 2.38. The van der Waals surface area contributed by atoms with Gasteiger partial charge in [0.15, 0.2) is 0 Å². The van der Waals surface area contributed by atoms with Gasteiger partial charge in [-0.2, -0.15) is 0 Å². The Morgan fingerprint density at radius 3 is 2.76 bits per heavy atom. The summed E-state index contributed by atoms with van der Waals surface area (Å²) >= 11 is 1.49. The molecular weight excluding hydrogens is 288 g/mol. The van der Waals surface area contributed by atoms with Crippen LogP contribution in [0.15, 0.2) is 36.4 Å². The van der Waals surface area contributed by atoms with Crippen LogP contribution in [-0.2, 0) is 0 Å². The molecule has 0 fully saturated rings. The Morgan fingerprint density at radius 1 is 1.24 bits per heavy atom. The zero-order valence-corrected chi connectivity index (χ0v) is 12.3. The number of thiazole rings is 1. The average molecular weight is 300 g/mol. The first kappa shape index (κ1) is 13.5. The van der Waals surface area contributed by atoms with Crippen molar-refractivity contribution in [3.8, 4) is 16.3 Å². The van der Waals surface area contributed by atoms with Crippen LogP contribution in [0.3, 0.4) is 0 Å². The second-order valence-electron chi connectivity index (χ2n) is 4.61. The number of hydrogen-bond donors (Lipinski definition) is 0. The number of rotatable bonds is 3. The van der Waals surface area contributed by atoms with Gasteiger partial charge >= 0.3 is 0 Å². The zero-order valence-electron chi connectivity index (χ0n) is 11.5. The monoisotopic (exact) mass is 300 g/mol. The second-order valence-corrected chi connectivity index (χ2v) is 5.64. The lowest BCUT2D eigenvalue weighted by Crippen LogP contribution is -1.91. The van der Waals surface area contributed by atoms with Gasteiger partial charge in [-0.05, 0) is 25.1 Å². The molecule has 0 bridgehead atoms. The van der Waals surface area contributed by atoms with Crippen LogP contribution in [0.1, 0.15) is 5.56 Å². The number of aryl methyl sites for hydroxylation is 1. The summed E-state index contributed by atoms with van der Waals surface area (Å²) in [5, 5.41) is 11.8. The van der Waals surface area contributed by atoms with Crippen LogP contribution < -0.4 is 4.74 Å². The standard InChI is InChI=1S/C15H12N2O3S/c1-9-3-4-10(7-13(9)17(18)19)15-16-12-6-5-11(20-2)8-14(12)21-15/h3-8H,1-2H3. The minimum absolute atomic E-state index is 0.115. The molecule has 3 rings (SSSR count). The zero-order chi connectivity index (χ0) is 15.0. The molecule has 0 atom stereocenters. The van der Waals surface area contributed by atoms with Crippen LogP contribution in [0.2, 0.25) is 0 Å². The molecule has 2 aromatic carbocycles. The maximum atomic E-state index is 11.0. The van der Waals surface area contributed by atoms with Gasteiger partial charge in [-0.15, -0.1) is 11.3 Å². The summed E-state index contributed by atoms with van der Waals surface area (Å²) in [4.78, 5) is 15.2. The Labute approximate surface area is 125 Å². The molecular formula is C15H12N2O3S. The molecule has 6 heteroatoms. The van der Waals surface area contributed by atoms with Gasteiger partial charge in [0.05, 0.1) is 22.2 Å². The number of ether oxygens (including phenoxy) is 1. The van der Waals surface area contributed by atoms with E-state index in [-0.39, 0.29) is 10.6 Å². The number of nitro groups is 1. The van der Waals surface area contributed by atoms with E-state index in [0.29, 0.717) is 5.56 Å². The van der Waals surface area contributed by atoms with Gasteiger partial charge in [0.2, 0.25) is 0 Å². The molecule has 1 aromatic heterocycles. The van der Waals surface area contributed by atoms with Crippen molar-refractivity contribution in [3.05, 3.63) is 52.1 Å². The fourth-order valence-electron chi connectivity index (χ4n) is 2.09. The van der Waals surface area contributed by atoms with Crippen molar-refractivity contribution in [1.82, 2.24) is 4.98 Å². The van der Waals surface area contributed by atoms with Crippen molar-refractivity contribution in [2.24, 2.45) is 0 Å². The van der Waals surface area contributed by atoms with E-state index in [1.54, 1.807) is 26.2 Å². The molecule has 3 aromatic rings. The lowest BCUT2D eigenvalue weighted by atomic mass is 10.1. The van der Waals surface area contributed by atoms with Crippen LogP contribution >= 0.6 is 11.3 Å². The van der Waals surface area contributed by atoms with E-state index in [1.165, 1.54) is 11.3 Å². The second kappa shape index (κ2) is 5.14. The normalized spacial score (nSPS) is 10.8. The lowest BCUT2D eigenvalue weighted by Gasteiger charge is -1.99. The van der Waals surface area contributed by atoms with Crippen LogP contribution in [0.25, 0.3) is 20.8 Å². The molecule has 0 N–H and O–H groups in total. The lowest BCUT2D eigenvalue weighted by molar-refractivity contribution is -0.385. The van der Waals surface area contributed by atoms with Gasteiger partial charge in [0.1, 0.15) is 10.8 Å². The molecule has 0 aliphatic rings. The molecule has 0 aliphatic heterocycles. The van der Waals surface area contributed by atoms with Crippen LogP contribution in [0.5, 0.6) is 5.75 Å². The van der Waals surface area contributed by atoms with Gasteiger partial charge in [-0.1, -0.05) is 12.1 Å². The molecule has 0 saturated carbocycles. The Morgan fingerprint density at radius 2 is 2.05 bits per heavy atom. The highest BCUT2D eigenvalue weighted by atomic mass is 32.1. The predicted molar refractivity (Wildman–Crippen MR) is 83.0 cm³/mol. The third kappa shape index (κ3) is 2.45. The van der Waals surface area contributed by atoms with Crippen molar-refractivity contribution in [2.45, 2.75) is 6.92 Å². The Kier molecular flexibility index (Phi) is 3.31. The Balaban J connectivity index is 2.12. The van der Waals surface area contributed by atoms with Crippen molar-refractivity contribution < 1.29 is 9.66 Å². The van der Waals surface area contributed by atoms with Gasteiger partial charge in [0.25, 0.3) is 5.69 Å². The van der Waals surface area contributed by atoms with Gasteiger partial charge in [0, 0.05) is 17.2 Å². The average Bonchev–Trinajstić information content (AvgIpc) is 2.90. The third-order valence-corrected chi connectivity index (χ3v) is 4.32. The largest absolute Gasteiger partial charge is 0.497 e. The van der Waals surface area contributed by atoms with E-state index in [1.807, 2.05) is 24.3 Å². The maximum Gasteiger partial charge on any atom is 0.273 e. The summed E-state index contributed by atoms with van der Waals surface area (Å²) < 4.78 is 6.19. The molecule has 0 spiro atoms. The highest BCUT2D eigenvalue weighted by Gasteiger charge is 2.14. The first-order chi connectivity index (χ1) is 10.1. The first-order valence-corrected chi connectivity index (χ1v) is 7.10. The highest BCUT2D eigenvalue weighted by Crippen LogP contribution is 2.34. The summed E-state index contributed by atoms with van der Waals surface area (Å²) in [5.74, 6) is 0.771. The smallest absolute Gasteiger partial charge is 0.273 e. The van der Waals surface area contributed by atoms with E-state index in [4.69, 9.17) is 4.74 Å². The summed E-state index contributed by atoms with van der Waals surface area (Å²) in [6, 6.07) is 10.8. The number of aromatic nitrogens is 1. The quantitative estimate of drug-likeness (QED) is 0.537. The maximum absolute atomic E-state index is 11.0. The fraction of sp³-hybridized carbons (Fsp3) is 0.133. The number of methoxy groups -OCH3 is 1. The van der Waals surface area contributed by atoms with Gasteiger partial charge in [-0.3, -0.25) is 10.1 Å². The summed E-state index contributed by atoms with van der Waals surface area (Å²) in [6.07, 6.45) is 0. The topological polar surface area (TPSA) is 65.3 Å². The Bertz CT molecular complexity index is 842. The number of benzene rings is 2. The number of nitro benzene ring substituents is 1. The molecule has 0 amide bonds. The van der Waals surface area contributed by atoms with Crippen LogP contribution in [0, 0.1) is 17.0 Å². The molecule has 0 unspecified atom stereocenters. The first-order valence-electron chi connectivity index (χ1n) is 6.28. The van der Waals surface area contributed by atoms with Crippen LogP contribution in [0.4, 0.5) is 5.69 Å². The van der Waals surface area contributed by atoms with E-state index in [9.17, 15) is 10.1 Å². The SMILES string of the molecule is COc1ccc2nc(-c3ccc(C)c([N+](=O)[O-])c3)sc2c1. The third-order valence-electron chi connectivity index (χ3n) is 3.25. The number of nitrogens with zero attached hydrogens (tertiary/aromatic N) is 2. The van der Waals surface area contributed by atoms with Crippen molar-refractivity contribution in [1.29, 1.82) is 0 Å². The number of fused-ring (bicyclic) bond motifs is 1. The molecule has 21 heavy (non-hydrogen) atoms. The predicted octanol–water partition coefficient (Wildman–Crippen LogP) is 4.19. The van der Waals surface area contributed by atoms with Crippen molar-refractivity contribution in [3.63, 3.8) is 0 Å². The van der Waals surface area contributed by atoms with E-state index in [0.717, 1.165) is 26.5 Å².